The van der Waals surface area contributed by atoms with Gasteiger partial charge in [-0.2, -0.15) is 0 Å². The molecule has 0 saturated heterocycles. The molecule has 5 nitrogen and oxygen atoms in total. The van der Waals surface area contributed by atoms with Crippen LogP contribution in [0.1, 0.15) is 70.8 Å². The molecular weight excluding hydrogens is 344 g/mol. The third kappa shape index (κ3) is 8.76. The largest absolute Gasteiger partial charge is 0.504 e. The Labute approximate surface area is 162 Å². The zero-order valence-electron chi connectivity index (χ0n) is 16.7. The monoisotopic (exact) mass is 376 g/mol. The second-order valence-electron chi connectivity index (χ2n) is 6.58. The van der Waals surface area contributed by atoms with Crippen molar-refractivity contribution in [2.45, 2.75) is 71.3 Å². The maximum absolute atomic E-state index is 12.5. The molecule has 0 amide bonds. The summed E-state index contributed by atoms with van der Waals surface area (Å²) in [6, 6.07) is 4.89. The lowest BCUT2D eigenvalue weighted by Crippen LogP contribution is -2.25. The number of benzene rings is 1. The van der Waals surface area contributed by atoms with E-state index in [1.807, 2.05) is 0 Å². The summed E-state index contributed by atoms with van der Waals surface area (Å²) in [4.78, 5) is 24.5. The van der Waals surface area contributed by atoms with E-state index in [4.69, 9.17) is 9.47 Å². The summed E-state index contributed by atoms with van der Waals surface area (Å²) in [5.41, 5.74) is 0.748. The summed E-state index contributed by atoms with van der Waals surface area (Å²) >= 11 is 0. The van der Waals surface area contributed by atoms with Gasteiger partial charge in [0, 0.05) is 12.8 Å². The SMILES string of the molecule is CCCCCC(=O)OC(/C=C/c1ccc(O)c(OC)c1)C(=O)CCCCC. The first-order valence-electron chi connectivity index (χ1n) is 9.79. The molecule has 0 aliphatic carbocycles. The molecule has 0 saturated carbocycles. The lowest BCUT2D eigenvalue weighted by molar-refractivity contribution is -0.152. The zero-order valence-corrected chi connectivity index (χ0v) is 16.7. The Morgan fingerprint density at radius 1 is 1.07 bits per heavy atom. The first-order chi connectivity index (χ1) is 13.0. The van der Waals surface area contributed by atoms with Crippen molar-refractivity contribution < 1.29 is 24.2 Å². The van der Waals surface area contributed by atoms with Crippen LogP contribution in [0.5, 0.6) is 11.5 Å². The highest BCUT2D eigenvalue weighted by atomic mass is 16.5. The molecule has 0 bridgehead atoms. The number of methoxy groups -OCH3 is 1. The maximum Gasteiger partial charge on any atom is 0.306 e. The molecule has 1 atom stereocenters. The number of carbonyl (C=O) groups excluding carboxylic acids is 2. The molecule has 1 unspecified atom stereocenters. The molecule has 150 valence electrons. The molecule has 1 N–H and O–H groups in total. The third-order valence-electron chi connectivity index (χ3n) is 4.25. The lowest BCUT2D eigenvalue weighted by atomic mass is 10.1. The van der Waals surface area contributed by atoms with Gasteiger partial charge in [-0.25, -0.2) is 0 Å². The topological polar surface area (TPSA) is 72.8 Å². The molecule has 1 aromatic rings. The minimum absolute atomic E-state index is 0.0455. The highest BCUT2D eigenvalue weighted by molar-refractivity contribution is 5.88. The molecule has 1 rings (SSSR count). The van der Waals surface area contributed by atoms with E-state index in [0.29, 0.717) is 18.6 Å². The average Bonchev–Trinajstić information content (AvgIpc) is 2.66. The van der Waals surface area contributed by atoms with Crippen LogP contribution in [0.25, 0.3) is 6.08 Å². The van der Waals surface area contributed by atoms with Crippen LogP contribution in [0, 0.1) is 0 Å². The summed E-state index contributed by atoms with van der Waals surface area (Å²) in [6.07, 6.45) is 8.71. The van der Waals surface area contributed by atoms with Crippen molar-refractivity contribution in [1.82, 2.24) is 0 Å². The molecule has 0 spiro atoms. The van der Waals surface area contributed by atoms with Gasteiger partial charge >= 0.3 is 5.97 Å². The number of hydrogen-bond donors (Lipinski definition) is 1. The van der Waals surface area contributed by atoms with Crippen LogP contribution in [0.2, 0.25) is 0 Å². The summed E-state index contributed by atoms with van der Waals surface area (Å²) in [6.45, 7) is 4.15. The van der Waals surface area contributed by atoms with E-state index in [0.717, 1.165) is 44.1 Å². The van der Waals surface area contributed by atoms with Crippen LogP contribution in [0.15, 0.2) is 24.3 Å². The van der Waals surface area contributed by atoms with Crippen molar-refractivity contribution in [3.05, 3.63) is 29.8 Å². The Hall–Kier alpha value is -2.30. The van der Waals surface area contributed by atoms with Gasteiger partial charge in [0.25, 0.3) is 0 Å². The summed E-state index contributed by atoms with van der Waals surface area (Å²) < 4.78 is 10.5. The van der Waals surface area contributed by atoms with E-state index in [2.05, 4.69) is 13.8 Å². The number of phenols is 1. The van der Waals surface area contributed by atoms with Gasteiger partial charge in [-0.1, -0.05) is 51.7 Å². The normalized spacial score (nSPS) is 12.1. The smallest absolute Gasteiger partial charge is 0.306 e. The van der Waals surface area contributed by atoms with Gasteiger partial charge in [-0.3, -0.25) is 9.59 Å². The number of hydrogen-bond acceptors (Lipinski definition) is 5. The van der Waals surface area contributed by atoms with Crippen molar-refractivity contribution in [3.8, 4) is 11.5 Å². The van der Waals surface area contributed by atoms with Gasteiger partial charge in [0.15, 0.2) is 23.4 Å². The maximum atomic E-state index is 12.5. The number of Topliss-reactive ketones (excluding diaryl/α,β-unsaturated/α-hetero) is 1. The second-order valence-corrected chi connectivity index (χ2v) is 6.58. The van der Waals surface area contributed by atoms with Gasteiger partial charge in [-0.15, -0.1) is 0 Å². The minimum Gasteiger partial charge on any atom is -0.504 e. The lowest BCUT2D eigenvalue weighted by Gasteiger charge is -2.14. The Morgan fingerprint density at radius 3 is 2.37 bits per heavy atom. The van der Waals surface area contributed by atoms with E-state index in [1.54, 1.807) is 24.3 Å². The van der Waals surface area contributed by atoms with Gasteiger partial charge in [-0.05, 0) is 36.6 Å². The standard InChI is InChI=1S/C22H32O5/c1-4-6-8-10-18(23)20(27-22(25)11-9-7-5-2)15-13-17-12-14-19(24)21(16-17)26-3/h12-16,20,24H,4-11H2,1-3H3/b15-13+. The van der Waals surface area contributed by atoms with Gasteiger partial charge in [0.05, 0.1) is 7.11 Å². The zero-order chi connectivity index (χ0) is 20.1. The van der Waals surface area contributed by atoms with Crippen LogP contribution in [0.4, 0.5) is 0 Å². The van der Waals surface area contributed by atoms with Crippen LogP contribution in [0.3, 0.4) is 0 Å². The number of esters is 1. The number of carbonyl (C=O) groups is 2. The fourth-order valence-corrected chi connectivity index (χ4v) is 2.62. The number of ether oxygens (including phenoxy) is 2. The fourth-order valence-electron chi connectivity index (χ4n) is 2.62. The highest BCUT2D eigenvalue weighted by Gasteiger charge is 2.19. The van der Waals surface area contributed by atoms with E-state index < -0.39 is 6.10 Å². The van der Waals surface area contributed by atoms with E-state index in [1.165, 1.54) is 13.2 Å². The summed E-state index contributed by atoms with van der Waals surface area (Å²) in [7, 11) is 1.47. The third-order valence-corrected chi connectivity index (χ3v) is 4.25. The van der Waals surface area contributed by atoms with Crippen molar-refractivity contribution in [2.75, 3.05) is 7.11 Å². The fraction of sp³-hybridized carbons (Fsp3) is 0.545. The molecule has 0 aliphatic heterocycles. The first-order valence-corrected chi connectivity index (χ1v) is 9.79. The van der Waals surface area contributed by atoms with Crippen molar-refractivity contribution in [2.24, 2.45) is 0 Å². The summed E-state index contributed by atoms with van der Waals surface area (Å²) in [5, 5.41) is 9.67. The van der Waals surface area contributed by atoms with E-state index >= 15 is 0 Å². The van der Waals surface area contributed by atoms with Crippen LogP contribution in [-0.2, 0) is 14.3 Å². The Balaban J connectivity index is 2.82. The van der Waals surface area contributed by atoms with Crippen LogP contribution in [-0.4, -0.2) is 30.1 Å². The molecule has 5 heteroatoms. The van der Waals surface area contributed by atoms with E-state index in [-0.39, 0.29) is 17.5 Å². The predicted octanol–water partition coefficient (Wildman–Crippen LogP) is 5.06. The van der Waals surface area contributed by atoms with Crippen LogP contribution < -0.4 is 4.74 Å². The van der Waals surface area contributed by atoms with Gasteiger partial charge in [0.1, 0.15) is 0 Å². The van der Waals surface area contributed by atoms with Crippen molar-refractivity contribution in [1.29, 1.82) is 0 Å². The van der Waals surface area contributed by atoms with Crippen molar-refractivity contribution in [3.63, 3.8) is 0 Å². The Kier molecular flexibility index (Phi) is 10.9. The van der Waals surface area contributed by atoms with Gasteiger partial charge < -0.3 is 14.6 Å². The molecular formula is C22H32O5. The van der Waals surface area contributed by atoms with Crippen LogP contribution >= 0.6 is 0 Å². The number of rotatable bonds is 13. The van der Waals surface area contributed by atoms with Gasteiger partial charge in [0.2, 0.25) is 0 Å². The molecule has 27 heavy (non-hydrogen) atoms. The highest BCUT2D eigenvalue weighted by Crippen LogP contribution is 2.27. The molecule has 0 aromatic heterocycles. The summed E-state index contributed by atoms with van der Waals surface area (Å²) in [5.74, 6) is -0.0387. The number of phenolic OH excluding ortho intramolecular Hbond substituents is 1. The number of unbranched alkanes of at least 4 members (excludes halogenated alkanes) is 4. The quantitative estimate of drug-likeness (QED) is 0.385. The van der Waals surface area contributed by atoms with E-state index in [9.17, 15) is 14.7 Å². The molecule has 0 aliphatic rings. The molecule has 0 heterocycles. The average molecular weight is 376 g/mol. The van der Waals surface area contributed by atoms with Crippen molar-refractivity contribution >= 4 is 17.8 Å². The first kappa shape index (κ1) is 22.7. The molecule has 0 radical (unpaired) electrons. The minimum atomic E-state index is -0.879. The second kappa shape index (κ2) is 13.0. The predicted molar refractivity (Wildman–Crippen MR) is 107 cm³/mol. The molecule has 0 fully saturated rings. The Morgan fingerprint density at radius 2 is 1.74 bits per heavy atom. The Bertz CT molecular complexity index is 621. The number of aromatic hydroxyl groups is 1. The molecule has 1 aromatic carbocycles. The number of ketones is 1.